The van der Waals surface area contributed by atoms with Gasteiger partial charge in [0.15, 0.2) is 11.5 Å². The van der Waals surface area contributed by atoms with Crippen molar-refractivity contribution in [1.82, 2.24) is 4.90 Å². The molecule has 190 valence electrons. The summed E-state index contributed by atoms with van der Waals surface area (Å²) in [4.78, 5) is 27.9. The fourth-order valence-corrected chi connectivity index (χ4v) is 5.08. The van der Waals surface area contributed by atoms with E-state index < -0.39 is 11.7 Å². The molecule has 7 nitrogen and oxygen atoms in total. The van der Waals surface area contributed by atoms with Crippen LogP contribution in [0.25, 0.3) is 11.0 Å². The topological polar surface area (TPSA) is 78.2 Å². The van der Waals surface area contributed by atoms with E-state index in [-0.39, 0.29) is 12.5 Å². The second-order valence-electron chi connectivity index (χ2n) is 9.28. The summed E-state index contributed by atoms with van der Waals surface area (Å²) in [5, 5.41) is 0.692. The van der Waals surface area contributed by atoms with Crippen LogP contribution in [0.5, 0.6) is 17.2 Å². The molecule has 0 aliphatic carbocycles. The zero-order valence-corrected chi connectivity index (χ0v) is 21.4. The molecule has 1 amide bonds. The Labute approximate surface area is 215 Å². The van der Waals surface area contributed by atoms with Crippen molar-refractivity contribution in [3.8, 4) is 17.2 Å². The van der Waals surface area contributed by atoms with Crippen LogP contribution in [0.1, 0.15) is 38.7 Å². The number of hydrogen-bond donors (Lipinski definition) is 0. The highest BCUT2D eigenvalue weighted by Crippen LogP contribution is 2.39. The number of benzene rings is 3. The molecule has 0 radical (unpaired) electrons. The average Bonchev–Trinajstić information content (AvgIpc) is 2.89. The number of carbonyl (C=O) groups is 1. The van der Waals surface area contributed by atoms with Crippen molar-refractivity contribution in [2.24, 2.45) is 0 Å². The van der Waals surface area contributed by atoms with Gasteiger partial charge in [-0.25, -0.2) is 4.79 Å². The molecule has 1 aliphatic heterocycles. The minimum Gasteiger partial charge on any atom is -0.493 e. The third-order valence-electron chi connectivity index (χ3n) is 6.74. The first-order valence-corrected chi connectivity index (χ1v) is 12.2. The molecule has 0 saturated carbocycles. The number of fused-ring (bicyclic) bond motifs is 2. The van der Waals surface area contributed by atoms with Crippen molar-refractivity contribution in [2.75, 3.05) is 27.4 Å². The van der Waals surface area contributed by atoms with Gasteiger partial charge in [-0.1, -0.05) is 29.3 Å². The molecule has 1 unspecified atom stereocenters. The lowest BCUT2D eigenvalue weighted by molar-refractivity contribution is 0.0590. The Bertz CT molecular complexity index is 1520. The molecule has 0 N–H and O–H groups in total. The lowest BCUT2D eigenvalue weighted by Gasteiger charge is -2.38. The molecule has 7 heteroatoms. The second-order valence-corrected chi connectivity index (χ2v) is 9.28. The Morgan fingerprint density at radius 2 is 1.65 bits per heavy atom. The molecule has 0 spiro atoms. The molecule has 1 atom stereocenters. The highest BCUT2D eigenvalue weighted by atomic mass is 16.5. The molecule has 3 aromatic carbocycles. The van der Waals surface area contributed by atoms with Gasteiger partial charge >= 0.3 is 5.63 Å². The predicted molar refractivity (Wildman–Crippen MR) is 141 cm³/mol. The summed E-state index contributed by atoms with van der Waals surface area (Å²) in [7, 11) is 3.20. The van der Waals surface area contributed by atoms with E-state index in [1.165, 1.54) is 6.07 Å². The molecule has 37 heavy (non-hydrogen) atoms. The normalized spacial score (nSPS) is 14.8. The maximum atomic E-state index is 13.8. The zero-order valence-electron chi connectivity index (χ0n) is 21.4. The molecule has 0 fully saturated rings. The Morgan fingerprint density at radius 1 is 0.946 bits per heavy atom. The van der Waals surface area contributed by atoms with Gasteiger partial charge in [0, 0.05) is 12.1 Å². The summed E-state index contributed by atoms with van der Waals surface area (Å²) in [5.74, 6) is 1.57. The predicted octanol–water partition coefficient (Wildman–Crippen LogP) is 5.25. The maximum Gasteiger partial charge on any atom is 0.339 e. The maximum absolute atomic E-state index is 13.8. The van der Waals surface area contributed by atoms with E-state index in [0.29, 0.717) is 46.7 Å². The van der Waals surface area contributed by atoms with Crippen molar-refractivity contribution in [1.29, 1.82) is 0 Å². The fraction of sp³-hybridized carbons (Fsp3) is 0.267. The number of hydrogen-bond acceptors (Lipinski definition) is 6. The molecule has 1 aliphatic rings. The number of aryl methyl sites for hydroxylation is 2. The van der Waals surface area contributed by atoms with E-state index in [1.54, 1.807) is 26.4 Å². The number of rotatable bonds is 6. The van der Waals surface area contributed by atoms with Crippen molar-refractivity contribution in [3.63, 3.8) is 0 Å². The van der Waals surface area contributed by atoms with Crippen LogP contribution >= 0.6 is 0 Å². The molecule has 0 bridgehead atoms. The van der Waals surface area contributed by atoms with Crippen molar-refractivity contribution in [2.45, 2.75) is 26.3 Å². The zero-order chi connectivity index (χ0) is 26.1. The minimum absolute atomic E-state index is 0.0710. The van der Waals surface area contributed by atoms with Crippen molar-refractivity contribution >= 4 is 16.9 Å². The molecule has 5 rings (SSSR count). The first-order chi connectivity index (χ1) is 17.9. The lowest BCUT2D eigenvalue weighted by atomic mass is 9.91. The third kappa shape index (κ3) is 4.77. The first-order valence-electron chi connectivity index (χ1n) is 12.2. The highest BCUT2D eigenvalue weighted by molar-refractivity contribution is 5.95. The van der Waals surface area contributed by atoms with E-state index in [0.717, 1.165) is 22.3 Å². The van der Waals surface area contributed by atoms with Crippen LogP contribution in [-0.2, 0) is 6.42 Å². The van der Waals surface area contributed by atoms with E-state index in [9.17, 15) is 9.59 Å². The Morgan fingerprint density at radius 3 is 2.38 bits per heavy atom. The minimum atomic E-state index is -0.493. The third-order valence-corrected chi connectivity index (χ3v) is 6.74. The van der Waals surface area contributed by atoms with Gasteiger partial charge in [-0.05, 0) is 67.8 Å². The number of nitrogens with zero attached hydrogens (tertiary/aromatic N) is 1. The number of para-hydroxylation sites is 1. The van der Waals surface area contributed by atoms with Crippen LogP contribution in [0.15, 0.2) is 69.9 Å². The number of methoxy groups -OCH3 is 2. The summed E-state index contributed by atoms with van der Waals surface area (Å²) in [6.45, 7) is 4.63. The molecule has 2 heterocycles. The number of amides is 1. The van der Waals surface area contributed by atoms with Crippen molar-refractivity contribution in [3.05, 3.63) is 98.9 Å². The van der Waals surface area contributed by atoms with Crippen LogP contribution in [0.4, 0.5) is 0 Å². The summed E-state index contributed by atoms with van der Waals surface area (Å²) in [6.07, 6.45) is 0.667. The van der Waals surface area contributed by atoms with Gasteiger partial charge in [-0.15, -0.1) is 0 Å². The fourth-order valence-electron chi connectivity index (χ4n) is 5.08. The van der Waals surface area contributed by atoms with Gasteiger partial charge in [-0.2, -0.15) is 0 Å². The van der Waals surface area contributed by atoms with E-state index in [4.69, 9.17) is 18.6 Å². The quantitative estimate of drug-likeness (QED) is 0.338. The van der Waals surface area contributed by atoms with E-state index in [2.05, 4.69) is 0 Å². The molecule has 1 aromatic heterocycles. The summed E-state index contributed by atoms with van der Waals surface area (Å²) in [6, 6.07) is 17.9. The van der Waals surface area contributed by atoms with Gasteiger partial charge in [0.2, 0.25) is 0 Å². The van der Waals surface area contributed by atoms with Crippen molar-refractivity contribution < 1.29 is 23.4 Å². The van der Waals surface area contributed by atoms with Crippen LogP contribution in [0.3, 0.4) is 0 Å². The summed E-state index contributed by atoms with van der Waals surface area (Å²) >= 11 is 0. The number of ether oxygens (including phenoxy) is 3. The lowest BCUT2D eigenvalue weighted by Crippen LogP contribution is -2.42. The molecule has 4 aromatic rings. The van der Waals surface area contributed by atoms with Crippen LogP contribution in [0.2, 0.25) is 0 Å². The van der Waals surface area contributed by atoms with Gasteiger partial charge in [0.25, 0.3) is 5.91 Å². The SMILES string of the molecule is COc1cc2c(cc1OC)C(COc1cc(=O)oc3ccccc13)N(C(=O)c1cc(C)cc(C)c1)CC2. The standard InChI is InChI=1S/C30H29NO6/c1-18-11-19(2)13-21(12-18)30(33)31-10-9-20-14-27(34-3)28(35-4)15-23(20)24(31)17-36-26-16-29(32)37-25-8-6-5-7-22(25)26/h5-8,11-16,24H,9-10,17H2,1-4H3. The molecular formula is C30H29NO6. The highest BCUT2D eigenvalue weighted by Gasteiger charge is 2.33. The Balaban J connectivity index is 1.57. The molecular weight excluding hydrogens is 470 g/mol. The summed E-state index contributed by atoms with van der Waals surface area (Å²) in [5.41, 5.74) is 4.64. The average molecular weight is 500 g/mol. The smallest absolute Gasteiger partial charge is 0.339 e. The Hall–Kier alpha value is -4.26. The van der Waals surface area contributed by atoms with Crippen LogP contribution in [0, 0.1) is 13.8 Å². The van der Waals surface area contributed by atoms with Gasteiger partial charge in [0.1, 0.15) is 17.9 Å². The number of carbonyl (C=O) groups excluding carboxylic acids is 1. The van der Waals surface area contributed by atoms with Crippen LogP contribution in [-0.4, -0.2) is 38.2 Å². The van der Waals surface area contributed by atoms with Gasteiger partial charge in [-0.3, -0.25) is 4.79 Å². The van der Waals surface area contributed by atoms with E-state index in [1.807, 2.05) is 61.2 Å². The van der Waals surface area contributed by atoms with Gasteiger partial charge in [0.05, 0.1) is 31.7 Å². The molecule has 0 saturated heterocycles. The van der Waals surface area contributed by atoms with E-state index >= 15 is 0 Å². The monoisotopic (exact) mass is 499 g/mol. The van der Waals surface area contributed by atoms with Crippen LogP contribution < -0.4 is 19.8 Å². The summed E-state index contributed by atoms with van der Waals surface area (Å²) < 4.78 is 22.7. The van der Waals surface area contributed by atoms with Gasteiger partial charge < -0.3 is 23.5 Å². The first kappa shape index (κ1) is 24.4. The Kier molecular flexibility index (Phi) is 6.61. The second kappa shape index (κ2) is 10.0. The largest absolute Gasteiger partial charge is 0.493 e.